The molecule has 1 aromatic carbocycles. The third-order valence-corrected chi connectivity index (χ3v) is 7.07. The highest BCUT2D eigenvalue weighted by molar-refractivity contribution is 6.30. The SMILES string of the molecule is CC(C(=O)N1CCc2c(C(F)(F)F)nn(Cc3ccc(Cl)cc3F)c2C1)N1CCC(C(=O)O)CC1. The van der Waals surface area contributed by atoms with Gasteiger partial charge in [0.25, 0.3) is 0 Å². The van der Waals surface area contributed by atoms with Crippen LogP contribution >= 0.6 is 11.6 Å². The molecule has 2 aliphatic rings. The lowest BCUT2D eigenvalue weighted by molar-refractivity contribution is -0.144. The van der Waals surface area contributed by atoms with Crippen molar-refractivity contribution < 1.29 is 32.3 Å². The fourth-order valence-electron chi connectivity index (χ4n) is 4.79. The van der Waals surface area contributed by atoms with Crippen molar-refractivity contribution in [1.29, 1.82) is 0 Å². The molecule has 0 saturated carbocycles. The van der Waals surface area contributed by atoms with Crippen molar-refractivity contribution >= 4 is 23.5 Å². The number of hydrogen-bond acceptors (Lipinski definition) is 4. The topological polar surface area (TPSA) is 78.7 Å². The van der Waals surface area contributed by atoms with Gasteiger partial charge in [-0.3, -0.25) is 19.2 Å². The van der Waals surface area contributed by atoms with Gasteiger partial charge in [0.15, 0.2) is 5.69 Å². The van der Waals surface area contributed by atoms with Crippen LogP contribution in [-0.4, -0.2) is 62.2 Å². The van der Waals surface area contributed by atoms with Crippen molar-refractivity contribution in [3.8, 4) is 0 Å². The number of carbonyl (C=O) groups is 2. The number of nitrogens with zero attached hydrogens (tertiary/aromatic N) is 4. The van der Waals surface area contributed by atoms with Crippen LogP contribution in [0.25, 0.3) is 0 Å². The zero-order chi connectivity index (χ0) is 25.5. The highest BCUT2D eigenvalue weighted by atomic mass is 35.5. The van der Waals surface area contributed by atoms with Crippen LogP contribution in [0.1, 0.15) is 42.3 Å². The Bertz CT molecular complexity index is 1130. The zero-order valence-electron chi connectivity index (χ0n) is 19.0. The number of likely N-dealkylation sites (tertiary alicyclic amines) is 1. The first-order valence-corrected chi connectivity index (χ1v) is 11.7. The van der Waals surface area contributed by atoms with E-state index >= 15 is 0 Å². The van der Waals surface area contributed by atoms with Crippen molar-refractivity contribution in [3.63, 3.8) is 0 Å². The van der Waals surface area contributed by atoms with Crippen LogP contribution in [0.3, 0.4) is 0 Å². The van der Waals surface area contributed by atoms with Crippen LogP contribution in [0.2, 0.25) is 5.02 Å². The van der Waals surface area contributed by atoms with E-state index in [2.05, 4.69) is 5.10 Å². The molecule has 1 atom stereocenters. The summed E-state index contributed by atoms with van der Waals surface area (Å²) in [7, 11) is 0. The summed E-state index contributed by atoms with van der Waals surface area (Å²) < 4.78 is 56.5. The maximum atomic E-state index is 14.3. The first-order chi connectivity index (χ1) is 16.5. The van der Waals surface area contributed by atoms with Gasteiger partial charge in [-0.25, -0.2) is 4.39 Å². The number of carbonyl (C=O) groups excluding carboxylic acids is 1. The number of alkyl halides is 3. The number of benzene rings is 1. The summed E-state index contributed by atoms with van der Waals surface area (Å²) in [5, 5.41) is 13.1. The third kappa shape index (κ3) is 5.30. The zero-order valence-corrected chi connectivity index (χ0v) is 19.7. The maximum Gasteiger partial charge on any atom is 0.435 e. The van der Waals surface area contributed by atoms with Gasteiger partial charge in [0.2, 0.25) is 5.91 Å². The van der Waals surface area contributed by atoms with E-state index in [-0.39, 0.29) is 53.8 Å². The molecule has 1 N–H and O–H groups in total. The number of hydrogen-bond donors (Lipinski definition) is 1. The Morgan fingerprint density at radius 2 is 1.91 bits per heavy atom. The lowest BCUT2D eigenvalue weighted by Crippen LogP contribution is -2.51. The summed E-state index contributed by atoms with van der Waals surface area (Å²) in [5.74, 6) is -2.19. The van der Waals surface area contributed by atoms with Gasteiger partial charge >= 0.3 is 12.1 Å². The maximum absolute atomic E-state index is 14.3. The largest absolute Gasteiger partial charge is 0.481 e. The van der Waals surface area contributed by atoms with Gasteiger partial charge in [-0.1, -0.05) is 17.7 Å². The van der Waals surface area contributed by atoms with E-state index in [1.165, 1.54) is 17.0 Å². The van der Waals surface area contributed by atoms with Crippen LogP contribution in [-0.2, 0) is 35.3 Å². The molecule has 1 aromatic heterocycles. The van der Waals surface area contributed by atoms with E-state index in [1.54, 1.807) is 6.92 Å². The molecule has 0 bridgehead atoms. The first kappa shape index (κ1) is 25.4. The van der Waals surface area contributed by atoms with E-state index in [0.29, 0.717) is 25.9 Å². The van der Waals surface area contributed by atoms with E-state index < -0.39 is 35.6 Å². The minimum atomic E-state index is -4.68. The fourth-order valence-corrected chi connectivity index (χ4v) is 4.95. The molecule has 0 radical (unpaired) electrons. The number of fused-ring (bicyclic) bond motifs is 1. The number of carboxylic acids is 1. The first-order valence-electron chi connectivity index (χ1n) is 11.3. The molecule has 4 rings (SSSR count). The van der Waals surface area contributed by atoms with Crippen molar-refractivity contribution in [2.24, 2.45) is 5.92 Å². The van der Waals surface area contributed by atoms with Gasteiger partial charge < -0.3 is 10.0 Å². The van der Waals surface area contributed by atoms with E-state index in [1.807, 2.05) is 4.90 Å². The molecule has 7 nitrogen and oxygen atoms in total. The molecule has 0 aliphatic carbocycles. The minimum Gasteiger partial charge on any atom is -0.481 e. The minimum absolute atomic E-state index is 0.0193. The molecule has 1 unspecified atom stereocenters. The van der Waals surface area contributed by atoms with Gasteiger partial charge in [0, 0.05) is 22.7 Å². The molecular formula is C23H25ClF4N4O3. The predicted octanol–water partition coefficient (Wildman–Crippen LogP) is 3.81. The molecule has 1 saturated heterocycles. The molecule has 0 spiro atoms. The van der Waals surface area contributed by atoms with Crippen LogP contribution < -0.4 is 0 Å². The summed E-state index contributed by atoms with van der Waals surface area (Å²) >= 11 is 5.78. The average Bonchev–Trinajstić information content (AvgIpc) is 3.18. The molecule has 1 fully saturated rings. The third-order valence-electron chi connectivity index (χ3n) is 6.84. The van der Waals surface area contributed by atoms with Gasteiger partial charge in [-0.2, -0.15) is 18.3 Å². The Kier molecular flexibility index (Phi) is 7.10. The average molecular weight is 517 g/mol. The summed E-state index contributed by atoms with van der Waals surface area (Å²) in [6, 6.07) is 3.39. The van der Waals surface area contributed by atoms with Gasteiger partial charge in [-0.05, 0) is 51.4 Å². The molecule has 190 valence electrons. The number of halogens is 5. The molecule has 3 heterocycles. The Labute approximate surface area is 204 Å². The predicted molar refractivity (Wildman–Crippen MR) is 118 cm³/mol. The molecule has 12 heteroatoms. The Morgan fingerprint density at radius 1 is 1.23 bits per heavy atom. The lowest BCUT2D eigenvalue weighted by atomic mass is 9.96. The van der Waals surface area contributed by atoms with Crippen molar-refractivity contribution in [1.82, 2.24) is 19.6 Å². The summed E-state index contributed by atoms with van der Waals surface area (Å²) in [4.78, 5) is 27.8. The molecule has 1 amide bonds. The highest BCUT2D eigenvalue weighted by Gasteiger charge is 2.41. The second-order valence-electron chi connectivity index (χ2n) is 9.00. The van der Waals surface area contributed by atoms with Crippen LogP contribution in [0.5, 0.6) is 0 Å². The number of carboxylic acid groups (broad SMARTS) is 1. The smallest absolute Gasteiger partial charge is 0.435 e. The van der Waals surface area contributed by atoms with Crippen LogP contribution in [0, 0.1) is 11.7 Å². The number of rotatable bonds is 5. The molecule has 2 aliphatic heterocycles. The quantitative estimate of drug-likeness (QED) is 0.611. The number of amides is 1. The molecule has 2 aromatic rings. The monoisotopic (exact) mass is 516 g/mol. The second-order valence-corrected chi connectivity index (χ2v) is 9.44. The fraction of sp³-hybridized carbons (Fsp3) is 0.522. The van der Waals surface area contributed by atoms with Crippen molar-refractivity contribution in [2.45, 2.75) is 51.5 Å². The molecule has 35 heavy (non-hydrogen) atoms. The molecular weight excluding hydrogens is 492 g/mol. The van der Waals surface area contributed by atoms with Gasteiger partial charge in [0.05, 0.1) is 30.7 Å². The van der Waals surface area contributed by atoms with E-state index in [9.17, 15) is 32.3 Å². The van der Waals surface area contributed by atoms with Gasteiger partial charge in [0.1, 0.15) is 5.82 Å². The standard InChI is InChI=1S/C23H25ClF4N4O3/c1-13(30-7-4-14(5-8-30)22(34)35)21(33)31-9-6-17-19(12-31)32(29-20(17)23(26,27)28)11-15-2-3-16(24)10-18(15)25/h2-3,10,13-14H,4-9,11-12H2,1H3,(H,34,35). The lowest BCUT2D eigenvalue weighted by Gasteiger charge is -2.37. The van der Waals surface area contributed by atoms with Crippen LogP contribution in [0.15, 0.2) is 18.2 Å². The Hall–Kier alpha value is -2.66. The second kappa shape index (κ2) is 9.77. The van der Waals surface area contributed by atoms with E-state index in [4.69, 9.17) is 11.6 Å². The Morgan fingerprint density at radius 3 is 2.51 bits per heavy atom. The summed E-state index contributed by atoms with van der Waals surface area (Å²) in [6.07, 6.45) is -3.83. The summed E-state index contributed by atoms with van der Waals surface area (Å²) in [6.45, 7) is 2.42. The van der Waals surface area contributed by atoms with Crippen molar-refractivity contribution in [3.05, 3.63) is 51.6 Å². The number of piperidine rings is 1. The summed E-state index contributed by atoms with van der Waals surface area (Å²) in [5.41, 5.74) is -0.641. The van der Waals surface area contributed by atoms with Gasteiger partial charge in [-0.15, -0.1) is 0 Å². The Balaban J connectivity index is 1.55. The normalized spacial score (nSPS) is 18.4. The number of aromatic nitrogens is 2. The van der Waals surface area contributed by atoms with Crippen molar-refractivity contribution in [2.75, 3.05) is 19.6 Å². The van der Waals surface area contributed by atoms with E-state index in [0.717, 1.165) is 10.7 Å². The van der Waals surface area contributed by atoms with Crippen LogP contribution in [0.4, 0.5) is 17.6 Å². The highest BCUT2D eigenvalue weighted by Crippen LogP contribution is 2.36. The number of aliphatic carboxylic acids is 1.